The normalized spacial score (nSPS) is 11.4. The van der Waals surface area contributed by atoms with E-state index in [1.807, 2.05) is 0 Å². The van der Waals surface area contributed by atoms with Crippen LogP contribution in [-0.4, -0.2) is 33.4 Å². The van der Waals surface area contributed by atoms with Crippen molar-refractivity contribution in [3.63, 3.8) is 0 Å². The Hall–Kier alpha value is -4.05. The molecule has 0 aliphatic heterocycles. The zero-order valence-corrected chi connectivity index (χ0v) is 18.6. The topological polar surface area (TPSA) is 93.4 Å². The molecule has 1 heterocycles. The summed E-state index contributed by atoms with van der Waals surface area (Å²) in [6, 6.07) is 15.8. The quantitative estimate of drug-likeness (QED) is 0.366. The van der Waals surface area contributed by atoms with E-state index < -0.39 is 35.9 Å². The second kappa shape index (κ2) is 9.67. The van der Waals surface area contributed by atoms with Crippen molar-refractivity contribution in [2.75, 3.05) is 6.61 Å². The average Bonchev–Trinajstić information content (AvgIpc) is 3.27. The fourth-order valence-electron chi connectivity index (χ4n) is 3.46. The molecule has 0 saturated carbocycles. The van der Waals surface area contributed by atoms with Crippen LogP contribution in [0.4, 0.5) is 13.2 Å². The summed E-state index contributed by atoms with van der Waals surface area (Å²) in [5.74, 6) is -1.63. The number of carboxylic acid groups (broad SMARTS) is 1. The number of hydrogen-bond donors (Lipinski definition) is 2. The highest BCUT2D eigenvalue weighted by Gasteiger charge is 2.40. The molecule has 1 amide bonds. The second-order valence-electron chi connectivity index (χ2n) is 7.50. The third-order valence-electron chi connectivity index (χ3n) is 5.05. The van der Waals surface area contributed by atoms with Gasteiger partial charge in [-0.1, -0.05) is 29.8 Å². The Morgan fingerprint density at radius 3 is 2.40 bits per heavy atom. The van der Waals surface area contributed by atoms with Gasteiger partial charge in [-0.2, -0.15) is 18.3 Å². The van der Waals surface area contributed by atoms with Crippen LogP contribution in [0.3, 0.4) is 0 Å². The fourth-order valence-corrected chi connectivity index (χ4v) is 3.59. The third kappa shape index (κ3) is 5.55. The van der Waals surface area contributed by atoms with Crippen LogP contribution in [0, 0.1) is 0 Å². The Bertz CT molecular complexity index is 1400. The highest BCUT2D eigenvalue weighted by molar-refractivity contribution is 6.30. The lowest BCUT2D eigenvalue weighted by Crippen LogP contribution is -2.26. The van der Waals surface area contributed by atoms with Crippen LogP contribution in [-0.2, 0) is 17.5 Å². The summed E-state index contributed by atoms with van der Waals surface area (Å²) in [5.41, 5.74) is -1.02. The van der Waals surface area contributed by atoms with Crippen LogP contribution >= 0.6 is 11.6 Å². The zero-order chi connectivity index (χ0) is 25.2. The number of aromatic nitrogens is 2. The molecule has 2 N–H and O–H groups in total. The van der Waals surface area contributed by atoms with Crippen LogP contribution in [0.5, 0.6) is 5.75 Å². The highest BCUT2D eigenvalue weighted by atomic mass is 35.5. The minimum absolute atomic E-state index is 0.0184. The minimum atomic E-state index is -4.83. The number of halogens is 4. The van der Waals surface area contributed by atoms with E-state index >= 15 is 0 Å². The molecule has 0 saturated heterocycles. The van der Waals surface area contributed by atoms with Crippen molar-refractivity contribution < 1.29 is 32.6 Å². The SMILES string of the molecule is O=C(O)COc1ccc2cc(CNC(=O)c3cnn(-c4ccc(Cl)cc4)c3C(F)(F)F)ccc2c1. The second-order valence-corrected chi connectivity index (χ2v) is 7.94. The number of carbonyl (C=O) groups is 2. The van der Waals surface area contributed by atoms with E-state index in [-0.39, 0.29) is 12.2 Å². The fraction of sp³-hybridized carbons (Fsp3) is 0.125. The van der Waals surface area contributed by atoms with Gasteiger partial charge in [0.2, 0.25) is 0 Å². The molecular formula is C24H17ClF3N3O4. The maximum atomic E-state index is 13.8. The number of nitrogens with one attached hydrogen (secondary N) is 1. The van der Waals surface area contributed by atoms with E-state index in [1.54, 1.807) is 36.4 Å². The van der Waals surface area contributed by atoms with Crippen molar-refractivity contribution in [1.29, 1.82) is 0 Å². The summed E-state index contributed by atoms with van der Waals surface area (Å²) in [5, 5.41) is 16.9. The summed E-state index contributed by atoms with van der Waals surface area (Å²) in [4.78, 5) is 23.3. The van der Waals surface area contributed by atoms with Crippen LogP contribution in [0.1, 0.15) is 21.6 Å². The molecule has 0 bridgehead atoms. The van der Waals surface area contributed by atoms with Gasteiger partial charge < -0.3 is 15.2 Å². The molecule has 0 aliphatic rings. The Labute approximate surface area is 201 Å². The number of ether oxygens (including phenoxy) is 1. The molecule has 35 heavy (non-hydrogen) atoms. The Balaban J connectivity index is 1.52. The number of fused-ring (bicyclic) bond motifs is 1. The van der Waals surface area contributed by atoms with Crippen molar-refractivity contribution in [3.8, 4) is 11.4 Å². The number of hydrogen-bond acceptors (Lipinski definition) is 4. The van der Waals surface area contributed by atoms with E-state index in [9.17, 15) is 22.8 Å². The maximum Gasteiger partial charge on any atom is 0.434 e. The number of rotatable bonds is 7. The molecule has 3 aromatic carbocycles. The van der Waals surface area contributed by atoms with Gasteiger partial charge in [-0.15, -0.1) is 0 Å². The molecule has 0 unspecified atom stereocenters. The van der Waals surface area contributed by atoms with Crippen molar-refractivity contribution in [2.45, 2.75) is 12.7 Å². The Morgan fingerprint density at radius 2 is 1.71 bits per heavy atom. The molecule has 4 aromatic rings. The number of aliphatic carboxylic acids is 1. The molecule has 11 heteroatoms. The molecule has 180 valence electrons. The molecule has 4 rings (SSSR count). The molecule has 0 aliphatic carbocycles. The Kier molecular flexibility index (Phi) is 6.65. The molecule has 0 fully saturated rings. The highest BCUT2D eigenvalue weighted by Crippen LogP contribution is 2.34. The summed E-state index contributed by atoms with van der Waals surface area (Å²) in [6.07, 6.45) is -3.95. The lowest BCUT2D eigenvalue weighted by atomic mass is 10.1. The van der Waals surface area contributed by atoms with Crippen LogP contribution < -0.4 is 10.1 Å². The largest absolute Gasteiger partial charge is 0.482 e. The number of carboxylic acids is 1. The summed E-state index contributed by atoms with van der Waals surface area (Å²) >= 11 is 5.81. The number of carbonyl (C=O) groups excluding carboxylic acids is 1. The van der Waals surface area contributed by atoms with Gasteiger partial charge in [-0.25, -0.2) is 9.48 Å². The summed E-state index contributed by atoms with van der Waals surface area (Å²) < 4.78 is 47.3. The van der Waals surface area contributed by atoms with Crippen molar-refractivity contribution in [1.82, 2.24) is 15.1 Å². The zero-order valence-electron chi connectivity index (χ0n) is 17.8. The number of alkyl halides is 3. The van der Waals surface area contributed by atoms with Gasteiger partial charge in [0.05, 0.1) is 17.4 Å². The summed E-state index contributed by atoms with van der Waals surface area (Å²) in [7, 11) is 0. The van der Waals surface area contributed by atoms with E-state index in [0.29, 0.717) is 21.0 Å². The van der Waals surface area contributed by atoms with Crippen LogP contribution in [0.2, 0.25) is 5.02 Å². The smallest absolute Gasteiger partial charge is 0.434 e. The first kappa shape index (κ1) is 24.1. The first-order valence-corrected chi connectivity index (χ1v) is 10.6. The average molecular weight is 504 g/mol. The van der Waals surface area contributed by atoms with Crippen molar-refractivity contribution in [2.24, 2.45) is 0 Å². The third-order valence-corrected chi connectivity index (χ3v) is 5.30. The predicted molar refractivity (Wildman–Crippen MR) is 122 cm³/mol. The van der Waals surface area contributed by atoms with Crippen LogP contribution in [0.15, 0.2) is 66.9 Å². The summed E-state index contributed by atoms with van der Waals surface area (Å²) in [6.45, 7) is -0.487. The Morgan fingerprint density at radius 1 is 1.03 bits per heavy atom. The number of benzene rings is 3. The lowest BCUT2D eigenvalue weighted by molar-refractivity contribution is -0.143. The van der Waals surface area contributed by atoms with E-state index in [1.165, 1.54) is 24.3 Å². The van der Waals surface area contributed by atoms with Gasteiger partial charge in [-0.05, 0) is 58.8 Å². The van der Waals surface area contributed by atoms with Crippen LogP contribution in [0.25, 0.3) is 16.5 Å². The van der Waals surface area contributed by atoms with E-state index in [2.05, 4.69) is 10.4 Å². The maximum absolute atomic E-state index is 13.8. The van der Waals surface area contributed by atoms with Crippen molar-refractivity contribution in [3.05, 3.63) is 88.7 Å². The first-order valence-electron chi connectivity index (χ1n) is 10.2. The molecule has 7 nitrogen and oxygen atoms in total. The monoisotopic (exact) mass is 503 g/mol. The molecule has 0 spiro atoms. The molecule has 0 atom stereocenters. The molecule has 1 aromatic heterocycles. The predicted octanol–water partition coefficient (Wildman–Crippen LogP) is 5.09. The number of amides is 1. The van der Waals surface area contributed by atoms with Gasteiger partial charge in [0.25, 0.3) is 5.91 Å². The van der Waals surface area contributed by atoms with Gasteiger partial charge >= 0.3 is 12.1 Å². The number of nitrogens with zero attached hydrogens (tertiary/aromatic N) is 2. The molecule has 0 radical (unpaired) electrons. The van der Waals surface area contributed by atoms with Gasteiger partial charge in [0.15, 0.2) is 12.3 Å². The first-order chi connectivity index (χ1) is 16.6. The van der Waals surface area contributed by atoms with Gasteiger partial charge in [-0.3, -0.25) is 4.79 Å². The lowest BCUT2D eigenvalue weighted by Gasteiger charge is -2.13. The minimum Gasteiger partial charge on any atom is -0.482 e. The van der Waals surface area contributed by atoms with Crippen molar-refractivity contribution >= 4 is 34.2 Å². The molecular weight excluding hydrogens is 487 g/mol. The van der Waals surface area contributed by atoms with E-state index in [0.717, 1.165) is 17.0 Å². The standard InChI is InChI=1S/C24H17ClF3N3O4/c25-17-4-6-18(7-5-17)31-22(24(26,27)28)20(12-30-31)23(34)29-11-14-1-2-16-10-19(35-13-21(32)33)8-3-15(16)9-14/h1-10,12H,11,13H2,(H,29,34)(H,32,33). The van der Waals surface area contributed by atoms with Gasteiger partial charge in [0, 0.05) is 11.6 Å². The van der Waals surface area contributed by atoms with Gasteiger partial charge in [0.1, 0.15) is 5.75 Å². The van der Waals surface area contributed by atoms with E-state index in [4.69, 9.17) is 21.4 Å².